The Labute approximate surface area is 394 Å². The number of methoxy groups -OCH3 is 1. The maximum atomic E-state index is 14.3. The number of likely N-dealkylation sites (tertiary alicyclic amines) is 2. The number of imidazole rings is 2. The lowest BCUT2D eigenvalue weighted by molar-refractivity contribution is -0.135. The summed E-state index contributed by atoms with van der Waals surface area (Å²) in [6.45, 7) is 1.19. The van der Waals surface area contributed by atoms with Crippen LogP contribution in [-0.4, -0.2) is 112 Å². The highest BCUT2D eigenvalue weighted by atomic mass is 32.2. The van der Waals surface area contributed by atoms with E-state index in [-0.39, 0.29) is 48.5 Å². The van der Waals surface area contributed by atoms with Gasteiger partial charge >= 0.3 is 12.1 Å². The second-order valence-electron chi connectivity index (χ2n) is 17.1. The van der Waals surface area contributed by atoms with E-state index in [0.717, 1.165) is 52.9 Å². The summed E-state index contributed by atoms with van der Waals surface area (Å²) in [7, 11) is -1.91. The number of carbonyl (C=O) groups is 4. The van der Waals surface area contributed by atoms with Gasteiger partial charge in [0, 0.05) is 37.3 Å². The first kappa shape index (κ1) is 45.4. The van der Waals surface area contributed by atoms with Crippen molar-refractivity contribution < 1.29 is 32.3 Å². The second-order valence-corrected chi connectivity index (χ2v) is 19.4. The number of alkyl carbamates (subject to hydrolysis) is 1. The number of urea groups is 1. The summed E-state index contributed by atoms with van der Waals surface area (Å²) in [6.07, 6.45) is 5.86. The Balaban J connectivity index is 0.828. The SMILES string of the molecule is COC(=O)N[C@@H](C(=O)N1CCC[C@H]1c1ncc(-c2ccc(C#Cc3ccc(-c4cnc([C@@H]5CCCN5C(=O)[C@H](NC(=O)N5CCS(=O)(=O)CC5)c5ccccc5)[nH]4)cc3)cc2)[nH]1)c1ccccc1. The third-order valence-electron chi connectivity index (χ3n) is 12.7. The molecule has 0 spiro atoms. The van der Waals surface area contributed by atoms with E-state index in [0.29, 0.717) is 42.3 Å². The number of hydrogen-bond acceptors (Lipinski definition) is 9. The van der Waals surface area contributed by atoms with Gasteiger partial charge in [-0.25, -0.2) is 28.0 Å². The predicted octanol–water partition coefficient (Wildman–Crippen LogP) is 6.47. The average molecular weight is 934 g/mol. The van der Waals surface area contributed by atoms with Crippen molar-refractivity contribution in [3.63, 3.8) is 0 Å². The van der Waals surface area contributed by atoms with E-state index in [4.69, 9.17) is 9.72 Å². The van der Waals surface area contributed by atoms with Crippen LogP contribution in [0.2, 0.25) is 0 Å². The highest BCUT2D eigenvalue weighted by Crippen LogP contribution is 2.36. The number of amides is 5. The van der Waals surface area contributed by atoms with Crippen LogP contribution in [0.5, 0.6) is 0 Å². The molecule has 3 aliphatic rings. The average Bonchev–Trinajstić information content (AvgIpc) is 4.23. The summed E-state index contributed by atoms with van der Waals surface area (Å²) in [6, 6.07) is 31.0. The van der Waals surface area contributed by atoms with Crippen molar-refractivity contribution in [2.45, 2.75) is 49.9 Å². The van der Waals surface area contributed by atoms with Crippen LogP contribution >= 0.6 is 0 Å². The second kappa shape index (κ2) is 20.0. The molecule has 348 valence electrons. The number of aromatic nitrogens is 4. The molecule has 3 aliphatic heterocycles. The lowest BCUT2D eigenvalue weighted by Gasteiger charge is -2.32. The fourth-order valence-corrected chi connectivity index (χ4v) is 10.3. The van der Waals surface area contributed by atoms with Gasteiger partial charge in [0.15, 0.2) is 9.84 Å². The van der Waals surface area contributed by atoms with Gasteiger partial charge in [-0.15, -0.1) is 0 Å². The largest absolute Gasteiger partial charge is 0.453 e. The molecule has 0 radical (unpaired) electrons. The minimum atomic E-state index is -3.18. The van der Waals surface area contributed by atoms with Gasteiger partial charge in [0.1, 0.15) is 23.7 Å². The first-order valence-corrected chi connectivity index (χ1v) is 24.5. The van der Waals surface area contributed by atoms with Crippen LogP contribution in [-0.2, 0) is 24.2 Å². The van der Waals surface area contributed by atoms with Gasteiger partial charge in [-0.05, 0) is 72.2 Å². The molecule has 6 aromatic rings. The molecule has 17 heteroatoms. The molecule has 5 amide bonds. The van der Waals surface area contributed by atoms with Crippen LogP contribution < -0.4 is 10.6 Å². The van der Waals surface area contributed by atoms with Crippen LogP contribution in [0.3, 0.4) is 0 Å². The molecule has 0 bridgehead atoms. The van der Waals surface area contributed by atoms with Crippen molar-refractivity contribution in [3.05, 3.63) is 155 Å². The molecule has 3 saturated heterocycles. The number of sulfone groups is 1. The number of hydrogen-bond donors (Lipinski definition) is 4. The van der Waals surface area contributed by atoms with Crippen molar-refractivity contribution in [2.75, 3.05) is 44.8 Å². The molecular weight excluding hydrogens is 883 g/mol. The number of nitrogens with one attached hydrogen (secondary N) is 4. The molecule has 5 heterocycles. The smallest absolute Gasteiger partial charge is 0.407 e. The molecule has 0 saturated carbocycles. The molecule has 4 N–H and O–H groups in total. The summed E-state index contributed by atoms with van der Waals surface area (Å²) in [4.78, 5) is 75.0. The Bertz CT molecular complexity index is 2930. The summed E-state index contributed by atoms with van der Waals surface area (Å²) in [5, 5.41) is 5.61. The Morgan fingerprint density at radius 3 is 1.51 bits per heavy atom. The third-order valence-corrected chi connectivity index (χ3v) is 14.4. The Morgan fingerprint density at radius 2 is 1.07 bits per heavy atom. The van der Waals surface area contributed by atoms with Crippen LogP contribution in [0.15, 0.2) is 122 Å². The minimum absolute atomic E-state index is 0.0778. The van der Waals surface area contributed by atoms with Crippen LogP contribution in [0.1, 0.15) is 83.8 Å². The summed E-state index contributed by atoms with van der Waals surface area (Å²) < 4.78 is 28.8. The van der Waals surface area contributed by atoms with E-state index >= 15 is 0 Å². The maximum absolute atomic E-state index is 14.3. The normalized spacial score (nSPS) is 18.5. The zero-order valence-corrected chi connectivity index (χ0v) is 38.2. The Hall–Kier alpha value is -7.71. The first-order valence-electron chi connectivity index (χ1n) is 22.7. The number of carbonyl (C=O) groups excluding carboxylic acids is 4. The third kappa shape index (κ3) is 10.2. The molecule has 0 unspecified atom stereocenters. The van der Waals surface area contributed by atoms with Crippen molar-refractivity contribution >= 4 is 33.8 Å². The van der Waals surface area contributed by atoms with E-state index in [2.05, 4.69) is 37.4 Å². The van der Waals surface area contributed by atoms with Crippen LogP contribution in [0.4, 0.5) is 9.59 Å². The summed E-state index contributed by atoms with van der Waals surface area (Å²) in [5.41, 5.74) is 6.40. The fourth-order valence-electron chi connectivity index (χ4n) is 9.05. The van der Waals surface area contributed by atoms with Gasteiger partial charge in [0.05, 0.1) is 54.5 Å². The number of nitrogens with zero attached hydrogens (tertiary/aromatic N) is 5. The van der Waals surface area contributed by atoms with Gasteiger partial charge in [0.25, 0.3) is 5.91 Å². The lowest BCUT2D eigenvalue weighted by Crippen LogP contribution is -2.51. The fraction of sp³-hybridized carbons (Fsp3) is 0.294. The lowest BCUT2D eigenvalue weighted by atomic mass is 10.0. The highest BCUT2D eigenvalue weighted by molar-refractivity contribution is 7.91. The number of ether oxygens (including phenoxy) is 1. The number of benzene rings is 4. The monoisotopic (exact) mass is 933 g/mol. The summed E-state index contributed by atoms with van der Waals surface area (Å²) >= 11 is 0. The zero-order chi connectivity index (χ0) is 47.2. The minimum Gasteiger partial charge on any atom is -0.453 e. The Kier molecular flexibility index (Phi) is 13.4. The first-order chi connectivity index (χ1) is 33.0. The zero-order valence-electron chi connectivity index (χ0n) is 37.4. The Morgan fingerprint density at radius 1 is 0.632 bits per heavy atom. The van der Waals surface area contributed by atoms with Gasteiger partial charge in [0.2, 0.25) is 5.91 Å². The van der Waals surface area contributed by atoms with Gasteiger partial charge in [-0.1, -0.05) is 96.8 Å². The molecule has 68 heavy (non-hydrogen) atoms. The van der Waals surface area contributed by atoms with Crippen molar-refractivity contribution in [3.8, 4) is 34.4 Å². The van der Waals surface area contributed by atoms with Crippen molar-refractivity contribution in [1.82, 2.24) is 45.3 Å². The van der Waals surface area contributed by atoms with Crippen molar-refractivity contribution in [2.24, 2.45) is 0 Å². The van der Waals surface area contributed by atoms with Gasteiger partial charge < -0.3 is 40.0 Å². The van der Waals surface area contributed by atoms with Gasteiger partial charge in [-0.3, -0.25) is 9.59 Å². The number of aromatic amines is 2. The van der Waals surface area contributed by atoms with Gasteiger partial charge in [-0.2, -0.15) is 0 Å². The molecule has 2 aromatic heterocycles. The standard InChI is InChI=1S/C51H51N9O7S/c1-67-51(64)57-45(39-12-6-3-7-13-39)49(62)60-27-9-15-43(60)47-53-33-41(55-47)37-24-20-35(21-25-37)17-16-34-18-22-36(23-19-34)40-32-52-46(54-40)42-14-8-26-59(42)48(61)44(38-10-4-2-5-11-38)56-50(63)58-28-30-68(65,66)31-29-58/h2-7,10-13,18-25,32-33,42-45H,8-9,14-15,26-31H2,1H3,(H,52,54)(H,53,55)(H,56,63)(H,57,64)/t42-,43-,44+,45+/m0/s1. The van der Waals surface area contributed by atoms with Crippen molar-refractivity contribution in [1.29, 1.82) is 0 Å². The summed E-state index contributed by atoms with van der Waals surface area (Å²) in [5.74, 6) is 7.14. The van der Waals surface area contributed by atoms with E-state index < -0.39 is 34.0 Å². The molecule has 9 rings (SSSR count). The quantitative estimate of drug-likeness (QED) is 0.111. The number of rotatable bonds is 10. The predicted molar refractivity (Wildman–Crippen MR) is 254 cm³/mol. The molecule has 4 aromatic carbocycles. The molecule has 16 nitrogen and oxygen atoms in total. The van der Waals surface area contributed by atoms with Crippen LogP contribution in [0.25, 0.3) is 22.5 Å². The van der Waals surface area contributed by atoms with Crippen LogP contribution in [0, 0.1) is 11.8 Å². The van der Waals surface area contributed by atoms with E-state index in [9.17, 15) is 27.6 Å². The molecular formula is C51H51N9O7S. The molecule has 0 aliphatic carbocycles. The van der Waals surface area contributed by atoms with E-state index in [1.807, 2.05) is 97.1 Å². The topological polar surface area (TPSA) is 203 Å². The molecule has 3 fully saturated rings. The van der Waals surface area contributed by atoms with E-state index in [1.54, 1.807) is 34.3 Å². The van der Waals surface area contributed by atoms with E-state index in [1.165, 1.54) is 12.0 Å². The molecule has 4 atom stereocenters. The highest BCUT2D eigenvalue weighted by Gasteiger charge is 2.39. The maximum Gasteiger partial charge on any atom is 0.407 e. The number of H-pyrrole nitrogens is 2.